The first-order valence-corrected chi connectivity index (χ1v) is 12.8. The molecule has 2 unspecified atom stereocenters. The fraction of sp³-hybridized carbons (Fsp3) is 1.00. The second kappa shape index (κ2) is 9.29. The molecule has 118 valence electrons. The zero-order chi connectivity index (χ0) is 15.0. The van der Waals surface area contributed by atoms with Crippen LogP contribution in [0, 0.1) is 5.92 Å². The molecule has 0 radical (unpaired) electrons. The van der Waals surface area contributed by atoms with E-state index in [4.69, 9.17) is 8.95 Å². The number of hydrogen-bond donors (Lipinski definition) is 0. The molecule has 0 aromatic heterocycles. The lowest BCUT2D eigenvalue weighted by atomic mass is 9.86. The second-order valence-corrected chi connectivity index (χ2v) is 12.8. The summed E-state index contributed by atoms with van der Waals surface area (Å²) in [6, 6.07) is 0. The third kappa shape index (κ3) is 7.87. The second-order valence-electron chi connectivity index (χ2n) is 6.88. The monoisotopic (exact) mass is 319 g/mol. The van der Waals surface area contributed by atoms with Crippen LogP contribution < -0.4 is 0 Å². The van der Waals surface area contributed by atoms with Crippen molar-refractivity contribution in [1.82, 2.24) is 0 Å². The van der Waals surface area contributed by atoms with Gasteiger partial charge in [0.25, 0.3) is 5.85 Å². The first kappa shape index (κ1) is 18.3. The molecule has 0 aliphatic heterocycles. The Kier molecular flexibility index (Phi) is 8.50. The van der Waals surface area contributed by atoms with Crippen molar-refractivity contribution in [3.05, 3.63) is 0 Å². The van der Waals surface area contributed by atoms with Gasteiger partial charge in [0.15, 0.2) is 8.32 Å². The molecular weight excluding hydrogens is 287 g/mol. The highest BCUT2D eigenvalue weighted by Crippen LogP contribution is 2.38. The minimum atomic E-state index is -1.68. The molecule has 0 amide bonds. The molecule has 20 heavy (non-hydrogen) atoms. The number of rotatable bonds is 9. The molecule has 1 fully saturated rings. The molecule has 0 aromatic carbocycles. The summed E-state index contributed by atoms with van der Waals surface area (Å²) in [6.07, 6.45) is 9.74. The molecule has 1 aliphatic rings. The molecule has 0 spiro atoms. The minimum Gasteiger partial charge on any atom is -0.375 e. The zero-order valence-electron chi connectivity index (χ0n) is 13.7. The van der Waals surface area contributed by atoms with E-state index in [2.05, 4.69) is 19.6 Å². The normalized spacial score (nSPS) is 19.9. The molecule has 1 rings (SSSR count). The van der Waals surface area contributed by atoms with E-state index in [0.29, 0.717) is 6.61 Å². The van der Waals surface area contributed by atoms with E-state index in [9.17, 15) is 4.57 Å². The Bertz CT molecular complexity index is 285. The van der Waals surface area contributed by atoms with Gasteiger partial charge in [-0.2, -0.15) is 0 Å². The van der Waals surface area contributed by atoms with Gasteiger partial charge in [0, 0.05) is 6.42 Å². The van der Waals surface area contributed by atoms with Crippen molar-refractivity contribution in [3.63, 3.8) is 0 Å². The van der Waals surface area contributed by atoms with Crippen LogP contribution in [0.25, 0.3) is 0 Å². The Labute approximate surface area is 126 Å². The van der Waals surface area contributed by atoms with Gasteiger partial charge in [-0.15, -0.1) is 4.52 Å². The summed E-state index contributed by atoms with van der Waals surface area (Å²) in [5.74, 6) is 0.621. The van der Waals surface area contributed by atoms with Gasteiger partial charge in [0.1, 0.15) is 6.61 Å². The van der Waals surface area contributed by atoms with Gasteiger partial charge in [-0.3, -0.25) is 0 Å². The van der Waals surface area contributed by atoms with Crippen LogP contribution in [0.2, 0.25) is 19.6 Å². The molecule has 0 bridgehead atoms. The van der Waals surface area contributed by atoms with E-state index in [0.717, 1.165) is 25.2 Å². The summed E-state index contributed by atoms with van der Waals surface area (Å²) in [5, 5.41) is 0. The van der Waals surface area contributed by atoms with Crippen molar-refractivity contribution < 1.29 is 13.5 Å². The number of hydrogen-bond acceptors (Lipinski definition) is 3. The van der Waals surface area contributed by atoms with Gasteiger partial charge in [-0.25, -0.2) is 0 Å². The van der Waals surface area contributed by atoms with Gasteiger partial charge >= 0.3 is 8.03 Å². The van der Waals surface area contributed by atoms with Crippen LogP contribution in [0.4, 0.5) is 0 Å². The van der Waals surface area contributed by atoms with Crippen molar-refractivity contribution in [2.45, 2.75) is 83.8 Å². The Balaban J connectivity index is 2.45. The largest absolute Gasteiger partial charge is 0.539 e. The summed E-state index contributed by atoms with van der Waals surface area (Å²) in [7, 11) is -3.35. The molecular formula is C15H32O3PSi+. The van der Waals surface area contributed by atoms with E-state index in [1.807, 2.05) is 6.92 Å². The zero-order valence-corrected chi connectivity index (χ0v) is 15.6. The van der Waals surface area contributed by atoms with E-state index >= 15 is 0 Å². The van der Waals surface area contributed by atoms with Crippen LogP contribution in [-0.4, -0.2) is 20.8 Å². The van der Waals surface area contributed by atoms with Crippen molar-refractivity contribution in [2.24, 2.45) is 5.92 Å². The van der Waals surface area contributed by atoms with E-state index in [-0.39, 0.29) is 5.85 Å². The molecule has 0 saturated heterocycles. The highest BCUT2D eigenvalue weighted by Gasteiger charge is 2.37. The topological polar surface area (TPSA) is 35.5 Å². The van der Waals surface area contributed by atoms with Gasteiger partial charge in [-0.1, -0.05) is 39.0 Å². The quantitative estimate of drug-likeness (QED) is 0.404. The minimum absolute atomic E-state index is 0.190. The Hall–Kier alpha value is 0.237. The van der Waals surface area contributed by atoms with Crippen molar-refractivity contribution in [2.75, 3.05) is 6.61 Å². The maximum absolute atomic E-state index is 12.3. The first-order valence-electron chi connectivity index (χ1n) is 8.19. The molecule has 3 nitrogen and oxygen atoms in total. The van der Waals surface area contributed by atoms with Gasteiger partial charge in [0.05, 0.1) is 0 Å². The van der Waals surface area contributed by atoms with Gasteiger partial charge in [0.2, 0.25) is 0 Å². The van der Waals surface area contributed by atoms with Crippen molar-refractivity contribution >= 4 is 16.3 Å². The molecule has 0 N–H and O–H groups in total. The van der Waals surface area contributed by atoms with Crippen LogP contribution >= 0.6 is 8.03 Å². The summed E-state index contributed by atoms with van der Waals surface area (Å²) < 4.78 is 23.8. The summed E-state index contributed by atoms with van der Waals surface area (Å²) >= 11 is 0. The fourth-order valence-corrected chi connectivity index (χ4v) is 5.85. The third-order valence-electron chi connectivity index (χ3n) is 3.69. The first-order chi connectivity index (χ1) is 9.42. The van der Waals surface area contributed by atoms with Crippen LogP contribution in [0.1, 0.15) is 58.3 Å². The van der Waals surface area contributed by atoms with Gasteiger partial charge < -0.3 is 4.43 Å². The molecule has 0 aromatic rings. The predicted molar refractivity (Wildman–Crippen MR) is 87.9 cm³/mol. The van der Waals surface area contributed by atoms with Gasteiger partial charge in [-0.05, 0) is 43.0 Å². The van der Waals surface area contributed by atoms with Crippen molar-refractivity contribution in [1.29, 1.82) is 0 Å². The standard InChI is InChI=1S/C15H32O3PSi/c1-5-13-17-19(16)15(18-20(2,3)4)12-11-14-9-7-6-8-10-14/h14-15H,5-13H2,1-4H3/q+1. The SMILES string of the molecule is CCCO[P+](=O)C(CCC1CCCCC1)O[Si](C)(C)C. The van der Waals surface area contributed by atoms with E-state index in [1.54, 1.807) is 0 Å². The molecule has 1 saturated carbocycles. The molecule has 0 heterocycles. The summed E-state index contributed by atoms with van der Waals surface area (Å²) in [5.41, 5.74) is 0. The smallest absolute Gasteiger partial charge is 0.375 e. The maximum Gasteiger partial charge on any atom is 0.539 e. The fourth-order valence-electron chi connectivity index (χ4n) is 2.73. The third-order valence-corrected chi connectivity index (χ3v) is 6.15. The van der Waals surface area contributed by atoms with Crippen LogP contribution in [0.5, 0.6) is 0 Å². The molecule has 5 heteroatoms. The average molecular weight is 319 g/mol. The highest BCUT2D eigenvalue weighted by molar-refractivity contribution is 7.39. The Morgan fingerprint density at radius 3 is 2.40 bits per heavy atom. The maximum atomic E-state index is 12.3. The van der Waals surface area contributed by atoms with E-state index in [1.165, 1.54) is 32.1 Å². The lowest BCUT2D eigenvalue weighted by Gasteiger charge is -2.23. The highest BCUT2D eigenvalue weighted by atomic mass is 31.1. The van der Waals surface area contributed by atoms with Crippen LogP contribution in [-0.2, 0) is 13.5 Å². The Morgan fingerprint density at radius 2 is 1.85 bits per heavy atom. The van der Waals surface area contributed by atoms with E-state index < -0.39 is 16.3 Å². The average Bonchev–Trinajstić information content (AvgIpc) is 2.40. The Morgan fingerprint density at radius 1 is 1.20 bits per heavy atom. The lowest BCUT2D eigenvalue weighted by molar-refractivity contribution is 0.206. The predicted octanol–water partition coefficient (Wildman–Crippen LogP) is 5.69. The summed E-state index contributed by atoms with van der Waals surface area (Å²) in [6.45, 7) is 9.08. The van der Waals surface area contributed by atoms with Crippen LogP contribution in [0.15, 0.2) is 0 Å². The lowest BCUT2D eigenvalue weighted by Crippen LogP contribution is -2.31. The van der Waals surface area contributed by atoms with Crippen molar-refractivity contribution in [3.8, 4) is 0 Å². The van der Waals surface area contributed by atoms with Crippen LogP contribution in [0.3, 0.4) is 0 Å². The summed E-state index contributed by atoms with van der Waals surface area (Å²) in [4.78, 5) is 0. The molecule has 2 atom stereocenters. The molecule has 1 aliphatic carbocycles.